The second-order valence-electron chi connectivity index (χ2n) is 4.10. The first-order valence-corrected chi connectivity index (χ1v) is 7.26. The standard InChI is InChI=1S/C13H10Cl3FS/c1-6-3-8(17)4-7(2)11(6)12(15)9-5-10(14)18-13(9)16/h3-5,12H,1-2H3. The fraction of sp³-hybridized carbons (Fsp3) is 0.231. The van der Waals surface area contributed by atoms with Gasteiger partial charge in [-0.15, -0.1) is 22.9 Å². The predicted molar refractivity (Wildman–Crippen MR) is 77.9 cm³/mol. The van der Waals surface area contributed by atoms with Crippen LogP contribution >= 0.6 is 46.1 Å². The van der Waals surface area contributed by atoms with Crippen molar-refractivity contribution in [1.29, 1.82) is 0 Å². The normalized spacial score (nSPS) is 12.8. The Kier molecular flexibility index (Phi) is 4.22. The maximum Gasteiger partial charge on any atom is 0.123 e. The van der Waals surface area contributed by atoms with Gasteiger partial charge in [-0.2, -0.15) is 0 Å². The highest BCUT2D eigenvalue weighted by Crippen LogP contribution is 2.42. The summed E-state index contributed by atoms with van der Waals surface area (Å²) in [5.41, 5.74) is 3.28. The number of aryl methyl sites for hydroxylation is 2. The Morgan fingerprint density at radius 2 is 1.67 bits per heavy atom. The maximum absolute atomic E-state index is 13.3. The van der Waals surface area contributed by atoms with E-state index in [0.29, 0.717) is 8.67 Å². The first-order chi connectivity index (χ1) is 8.40. The number of thiophene rings is 1. The largest absolute Gasteiger partial charge is 0.207 e. The third-order valence-electron chi connectivity index (χ3n) is 2.77. The molecule has 0 N–H and O–H groups in total. The van der Waals surface area contributed by atoms with Crippen LogP contribution in [-0.4, -0.2) is 0 Å². The minimum atomic E-state index is -0.415. The fourth-order valence-electron chi connectivity index (χ4n) is 2.00. The minimum Gasteiger partial charge on any atom is -0.207 e. The maximum atomic E-state index is 13.3. The minimum absolute atomic E-state index is 0.257. The zero-order valence-corrected chi connectivity index (χ0v) is 12.8. The lowest BCUT2D eigenvalue weighted by atomic mass is 9.97. The molecule has 0 aliphatic carbocycles. The Hall–Kier alpha value is -0.280. The van der Waals surface area contributed by atoms with Crippen LogP contribution in [0.4, 0.5) is 4.39 Å². The van der Waals surface area contributed by atoms with E-state index in [0.717, 1.165) is 22.3 Å². The van der Waals surface area contributed by atoms with Gasteiger partial charge in [0, 0.05) is 5.56 Å². The van der Waals surface area contributed by atoms with Crippen LogP contribution in [0, 0.1) is 19.7 Å². The average Bonchev–Trinajstić information content (AvgIpc) is 2.56. The van der Waals surface area contributed by atoms with Crippen molar-refractivity contribution in [1.82, 2.24) is 0 Å². The number of alkyl halides is 1. The van der Waals surface area contributed by atoms with Gasteiger partial charge in [0.25, 0.3) is 0 Å². The van der Waals surface area contributed by atoms with Gasteiger partial charge >= 0.3 is 0 Å². The molecule has 0 saturated heterocycles. The summed E-state index contributed by atoms with van der Waals surface area (Å²) in [5, 5.41) is -0.415. The van der Waals surface area contributed by atoms with Crippen LogP contribution in [0.2, 0.25) is 8.67 Å². The van der Waals surface area contributed by atoms with Gasteiger partial charge in [0.05, 0.1) is 14.0 Å². The molecule has 0 aliphatic rings. The van der Waals surface area contributed by atoms with E-state index in [9.17, 15) is 4.39 Å². The summed E-state index contributed by atoms with van der Waals surface area (Å²) >= 11 is 19.8. The van der Waals surface area contributed by atoms with Crippen molar-refractivity contribution in [2.75, 3.05) is 0 Å². The van der Waals surface area contributed by atoms with Crippen molar-refractivity contribution >= 4 is 46.1 Å². The number of benzene rings is 1. The summed E-state index contributed by atoms with van der Waals surface area (Å²) in [6.45, 7) is 3.67. The Labute approximate surface area is 124 Å². The number of hydrogen-bond acceptors (Lipinski definition) is 1. The van der Waals surface area contributed by atoms with Crippen molar-refractivity contribution in [2.24, 2.45) is 0 Å². The van der Waals surface area contributed by atoms with Crippen LogP contribution in [0.5, 0.6) is 0 Å². The molecule has 1 unspecified atom stereocenters. The zero-order chi connectivity index (χ0) is 13.4. The van der Waals surface area contributed by atoms with E-state index in [-0.39, 0.29) is 5.82 Å². The summed E-state index contributed by atoms with van der Waals surface area (Å²) < 4.78 is 14.4. The van der Waals surface area contributed by atoms with Crippen LogP contribution in [0.15, 0.2) is 18.2 Å². The molecule has 0 bridgehead atoms. The predicted octanol–water partition coefficient (Wildman–Crippen LogP) is 6.14. The molecule has 96 valence electrons. The lowest BCUT2D eigenvalue weighted by Gasteiger charge is -2.15. The van der Waals surface area contributed by atoms with Crippen molar-refractivity contribution in [3.05, 3.63) is 54.9 Å². The summed E-state index contributed by atoms with van der Waals surface area (Å²) in [6, 6.07) is 4.70. The highest BCUT2D eigenvalue weighted by atomic mass is 35.5. The van der Waals surface area contributed by atoms with E-state index in [4.69, 9.17) is 34.8 Å². The Morgan fingerprint density at radius 3 is 2.11 bits per heavy atom. The van der Waals surface area contributed by atoms with Gasteiger partial charge in [-0.25, -0.2) is 4.39 Å². The summed E-state index contributed by atoms with van der Waals surface area (Å²) in [6.07, 6.45) is 0. The molecule has 0 aliphatic heterocycles. The Balaban J connectivity index is 2.52. The third-order valence-corrected chi connectivity index (χ3v) is 4.74. The van der Waals surface area contributed by atoms with Crippen molar-refractivity contribution in [3.63, 3.8) is 0 Å². The molecule has 1 heterocycles. The molecule has 0 radical (unpaired) electrons. The molecule has 1 aromatic carbocycles. The van der Waals surface area contributed by atoms with Gasteiger partial charge in [0.2, 0.25) is 0 Å². The number of halogens is 4. The molecule has 0 fully saturated rings. The quantitative estimate of drug-likeness (QED) is 0.582. The molecule has 0 saturated carbocycles. The molecular weight excluding hydrogens is 314 g/mol. The van der Waals surface area contributed by atoms with Crippen LogP contribution in [0.1, 0.15) is 27.6 Å². The summed E-state index contributed by atoms with van der Waals surface area (Å²) in [4.78, 5) is 0. The van der Waals surface area contributed by atoms with E-state index in [1.54, 1.807) is 6.07 Å². The number of rotatable bonds is 2. The molecule has 18 heavy (non-hydrogen) atoms. The molecule has 1 aromatic heterocycles. The number of hydrogen-bond donors (Lipinski definition) is 0. The first-order valence-electron chi connectivity index (χ1n) is 5.25. The third kappa shape index (κ3) is 2.67. The van der Waals surface area contributed by atoms with Crippen LogP contribution in [-0.2, 0) is 0 Å². The van der Waals surface area contributed by atoms with Crippen LogP contribution < -0.4 is 0 Å². The molecule has 0 amide bonds. The van der Waals surface area contributed by atoms with Crippen molar-refractivity contribution in [3.8, 4) is 0 Å². The lowest BCUT2D eigenvalue weighted by Crippen LogP contribution is -2.00. The summed E-state index contributed by atoms with van der Waals surface area (Å²) in [7, 11) is 0. The van der Waals surface area contributed by atoms with Gasteiger partial charge in [-0.3, -0.25) is 0 Å². The second-order valence-corrected chi connectivity index (χ2v) is 6.82. The molecule has 2 aromatic rings. The topological polar surface area (TPSA) is 0 Å². The van der Waals surface area contributed by atoms with Crippen LogP contribution in [0.3, 0.4) is 0 Å². The SMILES string of the molecule is Cc1cc(F)cc(C)c1C(Cl)c1cc(Cl)sc1Cl. The summed E-state index contributed by atoms with van der Waals surface area (Å²) in [5.74, 6) is -0.257. The fourth-order valence-corrected chi connectivity index (χ4v) is 4.17. The van der Waals surface area contributed by atoms with Crippen molar-refractivity contribution < 1.29 is 4.39 Å². The molecule has 2 rings (SSSR count). The van der Waals surface area contributed by atoms with Gasteiger partial charge in [-0.05, 0) is 48.7 Å². The Morgan fingerprint density at radius 1 is 1.11 bits per heavy atom. The molecule has 5 heteroatoms. The zero-order valence-electron chi connectivity index (χ0n) is 9.73. The van der Waals surface area contributed by atoms with Gasteiger partial charge in [-0.1, -0.05) is 23.2 Å². The Bertz CT molecular complexity index is 569. The highest BCUT2D eigenvalue weighted by Gasteiger charge is 2.21. The average molecular weight is 324 g/mol. The molecule has 0 nitrogen and oxygen atoms in total. The van der Waals surface area contributed by atoms with E-state index < -0.39 is 5.38 Å². The first kappa shape index (κ1) is 14.1. The van der Waals surface area contributed by atoms with E-state index in [2.05, 4.69) is 0 Å². The monoisotopic (exact) mass is 322 g/mol. The van der Waals surface area contributed by atoms with Gasteiger partial charge < -0.3 is 0 Å². The van der Waals surface area contributed by atoms with E-state index >= 15 is 0 Å². The van der Waals surface area contributed by atoms with E-state index in [1.165, 1.54) is 23.5 Å². The molecule has 0 spiro atoms. The van der Waals surface area contributed by atoms with Gasteiger partial charge in [0.15, 0.2) is 0 Å². The van der Waals surface area contributed by atoms with Crippen LogP contribution in [0.25, 0.3) is 0 Å². The molecular formula is C13H10Cl3FS. The van der Waals surface area contributed by atoms with Crippen molar-refractivity contribution in [2.45, 2.75) is 19.2 Å². The molecule has 1 atom stereocenters. The highest BCUT2D eigenvalue weighted by molar-refractivity contribution is 7.20. The second kappa shape index (κ2) is 5.38. The van der Waals surface area contributed by atoms with E-state index in [1.807, 2.05) is 13.8 Å². The van der Waals surface area contributed by atoms with Gasteiger partial charge in [0.1, 0.15) is 5.82 Å². The lowest BCUT2D eigenvalue weighted by molar-refractivity contribution is 0.624. The smallest absolute Gasteiger partial charge is 0.123 e.